The Morgan fingerprint density at radius 3 is 2.62 bits per heavy atom. The van der Waals surface area contributed by atoms with E-state index in [0.717, 1.165) is 28.1 Å². The smallest absolute Gasteiger partial charge is 0.161 e. The van der Waals surface area contributed by atoms with Gasteiger partial charge in [0, 0.05) is 6.20 Å². The zero-order valence-electron chi connectivity index (χ0n) is 12.0. The van der Waals surface area contributed by atoms with E-state index in [1.54, 1.807) is 14.2 Å². The molecule has 3 aromatic rings. The van der Waals surface area contributed by atoms with E-state index < -0.39 is 0 Å². The summed E-state index contributed by atoms with van der Waals surface area (Å²) in [6, 6.07) is 13.8. The summed E-state index contributed by atoms with van der Waals surface area (Å²) in [7, 11) is 3.26. The van der Waals surface area contributed by atoms with Gasteiger partial charge in [-0.1, -0.05) is 18.2 Å². The van der Waals surface area contributed by atoms with Crippen LogP contribution in [0.15, 0.2) is 48.8 Å². The van der Waals surface area contributed by atoms with E-state index in [4.69, 9.17) is 9.47 Å². The highest BCUT2D eigenvalue weighted by Gasteiger charge is 2.03. The number of ether oxygens (including phenoxy) is 2. The Morgan fingerprint density at radius 1 is 1.00 bits per heavy atom. The van der Waals surface area contributed by atoms with E-state index in [2.05, 4.69) is 4.98 Å². The first-order valence-corrected chi connectivity index (χ1v) is 6.63. The van der Waals surface area contributed by atoms with E-state index in [-0.39, 0.29) is 0 Å². The number of rotatable bonds is 4. The maximum atomic E-state index is 5.31. The van der Waals surface area contributed by atoms with Crippen LogP contribution in [0.1, 0.15) is 5.56 Å². The van der Waals surface area contributed by atoms with Crippen molar-refractivity contribution in [2.75, 3.05) is 14.2 Å². The number of nitrogens with zero attached hydrogens (tertiary/aromatic N) is 2. The number of hydrogen-bond acceptors (Lipinski definition) is 3. The molecule has 1 aromatic heterocycles. The van der Waals surface area contributed by atoms with Crippen molar-refractivity contribution in [2.45, 2.75) is 0 Å². The molecule has 21 heavy (non-hydrogen) atoms. The van der Waals surface area contributed by atoms with Crippen molar-refractivity contribution in [3.05, 3.63) is 54.4 Å². The zero-order chi connectivity index (χ0) is 14.7. The Morgan fingerprint density at radius 2 is 1.81 bits per heavy atom. The molecule has 0 saturated heterocycles. The summed E-state index contributed by atoms with van der Waals surface area (Å²) in [4.78, 5) is 4.36. The van der Waals surface area contributed by atoms with Crippen molar-refractivity contribution < 1.29 is 9.47 Å². The van der Waals surface area contributed by atoms with Crippen molar-refractivity contribution in [1.82, 2.24) is 9.55 Å². The summed E-state index contributed by atoms with van der Waals surface area (Å²) >= 11 is 0. The van der Waals surface area contributed by atoms with Gasteiger partial charge >= 0.3 is 0 Å². The van der Waals surface area contributed by atoms with Gasteiger partial charge in [-0.3, -0.25) is 0 Å². The van der Waals surface area contributed by atoms with Crippen LogP contribution in [0.2, 0.25) is 0 Å². The molecular weight excluding hydrogens is 264 g/mol. The number of methoxy groups -OCH3 is 2. The van der Waals surface area contributed by atoms with Crippen molar-refractivity contribution in [3.8, 4) is 11.5 Å². The van der Waals surface area contributed by atoms with Crippen LogP contribution in [0.3, 0.4) is 0 Å². The molecule has 0 aliphatic carbocycles. The Balaban J connectivity index is 1.92. The number of para-hydroxylation sites is 2. The minimum atomic E-state index is 0.718. The van der Waals surface area contributed by atoms with Gasteiger partial charge in [-0.25, -0.2) is 4.98 Å². The molecule has 3 rings (SSSR count). The molecule has 0 N–H and O–H groups in total. The molecule has 0 unspecified atom stereocenters. The lowest BCUT2D eigenvalue weighted by Crippen LogP contribution is -1.90. The predicted octanol–water partition coefficient (Wildman–Crippen LogP) is 3.68. The van der Waals surface area contributed by atoms with Crippen LogP contribution in [-0.4, -0.2) is 23.8 Å². The SMILES string of the molecule is COc1ccc(/C=C/n2cnc3ccccc32)cc1OC. The van der Waals surface area contributed by atoms with Crippen LogP contribution < -0.4 is 9.47 Å². The molecule has 0 aliphatic heterocycles. The van der Waals surface area contributed by atoms with Gasteiger partial charge in [-0.2, -0.15) is 0 Å². The van der Waals surface area contributed by atoms with Crippen LogP contribution in [0.5, 0.6) is 11.5 Å². The number of benzene rings is 2. The molecule has 2 aromatic carbocycles. The fourth-order valence-corrected chi connectivity index (χ4v) is 2.22. The Bertz CT molecular complexity index is 790. The molecular formula is C17H16N2O2. The fourth-order valence-electron chi connectivity index (χ4n) is 2.22. The second-order valence-corrected chi connectivity index (χ2v) is 4.57. The van der Waals surface area contributed by atoms with Crippen LogP contribution in [0, 0.1) is 0 Å². The third-order valence-corrected chi connectivity index (χ3v) is 3.32. The topological polar surface area (TPSA) is 36.3 Å². The molecule has 0 bridgehead atoms. The second kappa shape index (κ2) is 5.71. The third-order valence-electron chi connectivity index (χ3n) is 3.32. The zero-order valence-corrected chi connectivity index (χ0v) is 12.0. The van der Waals surface area contributed by atoms with Gasteiger partial charge in [0.2, 0.25) is 0 Å². The predicted molar refractivity (Wildman–Crippen MR) is 84.5 cm³/mol. The van der Waals surface area contributed by atoms with Crippen LogP contribution >= 0.6 is 0 Å². The summed E-state index contributed by atoms with van der Waals surface area (Å²) < 4.78 is 12.5. The lowest BCUT2D eigenvalue weighted by atomic mass is 10.2. The van der Waals surface area contributed by atoms with E-state index in [1.165, 1.54) is 0 Å². The summed E-state index contributed by atoms with van der Waals surface area (Å²) in [5.41, 5.74) is 3.09. The summed E-state index contributed by atoms with van der Waals surface area (Å²) in [6.45, 7) is 0. The van der Waals surface area contributed by atoms with Gasteiger partial charge < -0.3 is 14.0 Å². The van der Waals surface area contributed by atoms with E-state index >= 15 is 0 Å². The standard InChI is InChI=1S/C17H16N2O2/c1-20-16-8-7-13(11-17(16)21-2)9-10-19-12-18-14-5-3-4-6-15(14)19/h3-12H,1-2H3/b10-9+. The second-order valence-electron chi connectivity index (χ2n) is 4.57. The van der Waals surface area contributed by atoms with Crippen molar-refractivity contribution >= 4 is 23.3 Å². The molecule has 0 radical (unpaired) electrons. The van der Waals surface area contributed by atoms with Gasteiger partial charge in [-0.15, -0.1) is 0 Å². The lowest BCUT2D eigenvalue weighted by Gasteiger charge is -2.07. The molecule has 0 amide bonds. The average molecular weight is 280 g/mol. The molecule has 0 spiro atoms. The van der Waals surface area contributed by atoms with Crippen LogP contribution in [0.25, 0.3) is 23.3 Å². The Hall–Kier alpha value is -2.75. The van der Waals surface area contributed by atoms with Gasteiger partial charge in [0.15, 0.2) is 11.5 Å². The van der Waals surface area contributed by atoms with E-state index in [1.807, 2.05) is 65.6 Å². The highest BCUT2D eigenvalue weighted by atomic mass is 16.5. The number of imidazole rings is 1. The van der Waals surface area contributed by atoms with Gasteiger partial charge in [0.25, 0.3) is 0 Å². The molecule has 0 saturated carbocycles. The van der Waals surface area contributed by atoms with Crippen molar-refractivity contribution in [1.29, 1.82) is 0 Å². The maximum Gasteiger partial charge on any atom is 0.161 e. The minimum absolute atomic E-state index is 0.718. The number of hydrogen-bond donors (Lipinski definition) is 0. The van der Waals surface area contributed by atoms with E-state index in [9.17, 15) is 0 Å². The molecule has 1 heterocycles. The first-order chi connectivity index (χ1) is 10.3. The monoisotopic (exact) mass is 280 g/mol. The highest BCUT2D eigenvalue weighted by Crippen LogP contribution is 2.28. The van der Waals surface area contributed by atoms with Crippen LogP contribution in [-0.2, 0) is 0 Å². The van der Waals surface area contributed by atoms with Gasteiger partial charge in [0.05, 0.1) is 31.6 Å². The molecule has 0 fully saturated rings. The molecule has 4 nitrogen and oxygen atoms in total. The Kier molecular flexibility index (Phi) is 3.60. The fraction of sp³-hybridized carbons (Fsp3) is 0.118. The maximum absolute atomic E-state index is 5.31. The highest BCUT2D eigenvalue weighted by molar-refractivity contribution is 5.79. The summed E-state index contributed by atoms with van der Waals surface area (Å²) in [5, 5.41) is 0. The quantitative estimate of drug-likeness (QED) is 0.731. The number of fused-ring (bicyclic) bond motifs is 1. The average Bonchev–Trinajstić information content (AvgIpc) is 2.96. The van der Waals surface area contributed by atoms with Crippen molar-refractivity contribution in [3.63, 3.8) is 0 Å². The Labute approximate surface area is 123 Å². The van der Waals surface area contributed by atoms with Gasteiger partial charge in [0.1, 0.15) is 0 Å². The first-order valence-electron chi connectivity index (χ1n) is 6.63. The lowest BCUT2D eigenvalue weighted by molar-refractivity contribution is 0.355. The summed E-state index contributed by atoms with van der Waals surface area (Å²) in [6.07, 6.45) is 5.80. The van der Waals surface area contributed by atoms with Crippen LogP contribution in [0.4, 0.5) is 0 Å². The molecule has 0 aliphatic rings. The normalized spacial score (nSPS) is 11.1. The largest absolute Gasteiger partial charge is 0.493 e. The summed E-state index contributed by atoms with van der Waals surface area (Å²) in [5.74, 6) is 1.44. The number of aromatic nitrogens is 2. The van der Waals surface area contributed by atoms with Gasteiger partial charge in [-0.05, 0) is 35.9 Å². The molecule has 106 valence electrons. The molecule has 4 heteroatoms. The first kappa shape index (κ1) is 13.2. The van der Waals surface area contributed by atoms with E-state index in [0.29, 0.717) is 0 Å². The minimum Gasteiger partial charge on any atom is -0.493 e. The van der Waals surface area contributed by atoms with Crippen molar-refractivity contribution in [2.24, 2.45) is 0 Å². The third kappa shape index (κ3) is 2.60. The molecule has 0 atom stereocenters.